The van der Waals surface area contributed by atoms with Gasteiger partial charge < -0.3 is 28.8 Å². The second-order valence-electron chi connectivity index (χ2n) is 8.48. The highest BCUT2D eigenvalue weighted by atomic mass is 19.4. The van der Waals surface area contributed by atoms with Crippen molar-refractivity contribution in [3.8, 4) is 5.75 Å². The summed E-state index contributed by atoms with van der Waals surface area (Å²) < 4.78 is 93.5. The van der Waals surface area contributed by atoms with Crippen LogP contribution in [0, 0.1) is 0 Å². The summed E-state index contributed by atoms with van der Waals surface area (Å²) in [5.74, 6) is -1.47. The van der Waals surface area contributed by atoms with E-state index in [9.17, 15) is 41.0 Å². The molecule has 2 saturated heterocycles. The maximum Gasteiger partial charge on any atom is 0.420 e. The molecule has 4 rings (SSSR count). The molecule has 40 heavy (non-hydrogen) atoms. The summed E-state index contributed by atoms with van der Waals surface area (Å²) in [6.45, 7) is 3.59. The number of ether oxygens (including phenoxy) is 2. The predicted octanol–water partition coefficient (Wildman–Crippen LogP) is 4.45. The van der Waals surface area contributed by atoms with Crippen LogP contribution in [0.1, 0.15) is 22.5 Å². The molecule has 0 unspecified atom stereocenters. The van der Waals surface area contributed by atoms with Crippen molar-refractivity contribution in [1.82, 2.24) is 9.80 Å². The van der Waals surface area contributed by atoms with Gasteiger partial charge in [-0.3, -0.25) is 9.59 Å². The van der Waals surface area contributed by atoms with E-state index in [2.05, 4.69) is 0 Å². The molecule has 2 fully saturated rings. The predicted molar refractivity (Wildman–Crippen MR) is 130 cm³/mol. The smallest absolute Gasteiger partial charge is 0.420 e. The first-order valence-corrected chi connectivity index (χ1v) is 12.0. The largest absolute Gasteiger partial charge is 0.507 e. The summed E-state index contributed by atoms with van der Waals surface area (Å²) in [5, 5.41) is 9.26. The molecule has 1 aromatic heterocycles. The first-order chi connectivity index (χ1) is 18.9. The van der Waals surface area contributed by atoms with Crippen LogP contribution in [0.25, 0.3) is 12.2 Å². The van der Waals surface area contributed by atoms with Gasteiger partial charge in [-0.05, 0) is 35.9 Å². The first-order valence-electron chi connectivity index (χ1n) is 12.0. The van der Waals surface area contributed by atoms with Crippen molar-refractivity contribution in [3.63, 3.8) is 0 Å². The lowest BCUT2D eigenvalue weighted by Crippen LogP contribution is -2.39. The zero-order valence-electron chi connectivity index (χ0n) is 21.0. The van der Waals surface area contributed by atoms with Crippen LogP contribution in [0.15, 0.2) is 47.1 Å². The zero-order valence-corrected chi connectivity index (χ0v) is 21.0. The number of carbonyl (C=O) groups is 2. The monoisotopic (exact) mass is 576 g/mol. The number of hydrogen-bond acceptors (Lipinski definition) is 6. The van der Waals surface area contributed by atoms with Crippen LogP contribution < -0.4 is 0 Å². The number of carbonyl (C=O) groups excluding carboxylic acids is 2. The summed E-state index contributed by atoms with van der Waals surface area (Å²) in [7, 11) is 0. The van der Waals surface area contributed by atoms with Gasteiger partial charge in [0.15, 0.2) is 0 Å². The number of alkyl halides is 6. The molecule has 2 aliphatic rings. The first kappa shape index (κ1) is 30.8. The number of halogens is 6. The molecular weight excluding hydrogens is 550 g/mol. The Bertz CT molecular complexity index is 1200. The number of hydrogen-bond donors (Lipinski definition) is 1. The molecule has 218 valence electrons. The maximum absolute atomic E-state index is 13.1. The molecule has 2 aliphatic heterocycles. The summed E-state index contributed by atoms with van der Waals surface area (Å²) in [5.41, 5.74) is -5.08. The van der Waals surface area contributed by atoms with Gasteiger partial charge in [-0.25, -0.2) is 0 Å². The van der Waals surface area contributed by atoms with Crippen molar-refractivity contribution < 1.29 is 54.9 Å². The van der Waals surface area contributed by atoms with E-state index in [4.69, 9.17) is 13.9 Å². The van der Waals surface area contributed by atoms with Crippen molar-refractivity contribution in [1.29, 1.82) is 0 Å². The molecule has 0 spiro atoms. The second-order valence-corrected chi connectivity index (χ2v) is 8.48. The summed E-state index contributed by atoms with van der Waals surface area (Å²) in [6.07, 6.45) is -4.55. The average molecular weight is 576 g/mol. The Hall–Kier alpha value is -3.78. The molecule has 2 aromatic rings. The number of nitrogens with zero attached hydrogens (tertiary/aromatic N) is 2. The van der Waals surface area contributed by atoms with Gasteiger partial charge in [-0.2, -0.15) is 26.3 Å². The van der Waals surface area contributed by atoms with Crippen molar-refractivity contribution in [2.24, 2.45) is 0 Å². The topological polar surface area (TPSA) is 92.5 Å². The Labute approximate surface area is 225 Å². The summed E-state index contributed by atoms with van der Waals surface area (Å²) in [4.78, 5) is 26.6. The van der Waals surface area contributed by atoms with Crippen LogP contribution in [0.5, 0.6) is 5.75 Å². The second kappa shape index (κ2) is 13.5. The molecule has 0 aliphatic carbocycles. The fraction of sp³-hybridized carbons (Fsp3) is 0.385. The molecule has 0 atom stereocenters. The van der Waals surface area contributed by atoms with Crippen LogP contribution in [-0.4, -0.2) is 79.3 Å². The number of rotatable bonds is 4. The molecule has 14 heteroatoms. The normalized spacial score (nSPS) is 16.8. The van der Waals surface area contributed by atoms with Gasteiger partial charge in [-0.15, -0.1) is 0 Å². The standard InChI is InChI=1S/C15H13F6NO3.C11H13NO3/c16-14(17,18)12-9(1-3-10(23)13(12)15(19,20)21)2-4-11(24)22-5-7-25-8-6-22;13-11(12-5-8-14-9-6-12)4-3-10-2-1-7-15-10/h1-4,23H,5-8H2;1-4,7H,5-6,8-9H2/b4-2+;4-3+. The molecule has 1 N–H and O–H groups in total. The Kier molecular flexibility index (Phi) is 10.4. The highest BCUT2D eigenvalue weighted by Crippen LogP contribution is 2.46. The van der Waals surface area contributed by atoms with Gasteiger partial charge in [0.1, 0.15) is 17.1 Å². The number of phenols is 1. The molecule has 8 nitrogen and oxygen atoms in total. The number of morpholine rings is 2. The van der Waals surface area contributed by atoms with E-state index in [-0.39, 0.29) is 32.2 Å². The lowest BCUT2D eigenvalue weighted by atomic mass is 9.98. The highest BCUT2D eigenvalue weighted by Gasteiger charge is 2.46. The van der Waals surface area contributed by atoms with Crippen LogP contribution in [0.2, 0.25) is 0 Å². The van der Waals surface area contributed by atoms with Gasteiger partial charge in [0.05, 0.1) is 38.3 Å². The Morgan fingerprint density at radius 2 is 1.25 bits per heavy atom. The minimum absolute atomic E-state index is 0.00898. The lowest BCUT2D eigenvalue weighted by Gasteiger charge is -2.25. The summed E-state index contributed by atoms with van der Waals surface area (Å²) in [6, 6.07) is 4.79. The number of phenolic OH excluding ortho intramolecular Hbond substituents is 1. The lowest BCUT2D eigenvalue weighted by molar-refractivity contribution is -0.163. The van der Waals surface area contributed by atoms with E-state index < -0.39 is 40.7 Å². The number of amides is 2. The van der Waals surface area contributed by atoms with E-state index in [1.54, 1.807) is 23.3 Å². The minimum Gasteiger partial charge on any atom is -0.507 e. The SMILES string of the molecule is O=C(/C=C/c1ccc(O)c(C(F)(F)F)c1C(F)(F)F)N1CCOCC1.O=C(/C=C/c1ccco1)N1CCOCC1. The Morgan fingerprint density at radius 1 is 0.750 bits per heavy atom. The molecule has 0 bridgehead atoms. The third kappa shape index (κ3) is 8.61. The van der Waals surface area contributed by atoms with Crippen LogP contribution in [0.4, 0.5) is 26.3 Å². The van der Waals surface area contributed by atoms with Crippen molar-refractivity contribution in [3.05, 3.63) is 65.1 Å². The highest BCUT2D eigenvalue weighted by molar-refractivity contribution is 5.92. The Balaban J connectivity index is 0.000000249. The van der Waals surface area contributed by atoms with E-state index in [0.29, 0.717) is 50.3 Å². The number of benzene rings is 1. The van der Waals surface area contributed by atoms with Gasteiger partial charge in [0.25, 0.3) is 0 Å². The van der Waals surface area contributed by atoms with Crippen molar-refractivity contribution in [2.75, 3.05) is 52.6 Å². The fourth-order valence-corrected chi connectivity index (χ4v) is 3.82. The third-order valence-corrected chi connectivity index (χ3v) is 5.77. The van der Waals surface area contributed by atoms with Gasteiger partial charge in [0.2, 0.25) is 11.8 Å². The summed E-state index contributed by atoms with van der Waals surface area (Å²) >= 11 is 0. The van der Waals surface area contributed by atoms with Gasteiger partial charge >= 0.3 is 12.4 Å². The van der Waals surface area contributed by atoms with Crippen molar-refractivity contribution in [2.45, 2.75) is 12.4 Å². The molecule has 0 radical (unpaired) electrons. The molecular formula is C26H26F6N2O6. The molecule has 0 saturated carbocycles. The average Bonchev–Trinajstić information content (AvgIpc) is 3.44. The van der Waals surface area contributed by atoms with Crippen LogP contribution >= 0.6 is 0 Å². The zero-order chi connectivity index (χ0) is 29.3. The van der Waals surface area contributed by atoms with Crippen molar-refractivity contribution >= 4 is 24.0 Å². The van der Waals surface area contributed by atoms with Gasteiger partial charge in [0, 0.05) is 38.3 Å². The molecule has 1 aromatic carbocycles. The quantitative estimate of drug-likeness (QED) is 0.427. The van der Waals surface area contributed by atoms with E-state index in [0.717, 1.165) is 6.08 Å². The van der Waals surface area contributed by atoms with E-state index >= 15 is 0 Å². The van der Waals surface area contributed by atoms with E-state index in [1.807, 2.05) is 6.07 Å². The van der Waals surface area contributed by atoms with Crippen LogP contribution in [-0.2, 0) is 31.4 Å². The fourth-order valence-electron chi connectivity index (χ4n) is 3.82. The van der Waals surface area contributed by atoms with Gasteiger partial charge in [-0.1, -0.05) is 6.07 Å². The maximum atomic E-state index is 13.1. The van der Waals surface area contributed by atoms with Crippen LogP contribution in [0.3, 0.4) is 0 Å². The van der Waals surface area contributed by atoms with E-state index in [1.165, 1.54) is 11.0 Å². The molecule has 3 heterocycles. The minimum atomic E-state index is -5.41. The third-order valence-electron chi connectivity index (χ3n) is 5.77. The molecule has 2 amide bonds. The number of aromatic hydroxyl groups is 1. The number of furan rings is 1. The Morgan fingerprint density at radius 3 is 1.70 bits per heavy atom.